The molecule has 1 saturated heterocycles. The second kappa shape index (κ2) is 23.4. The number of hydrogen-bond donors (Lipinski definition) is 6. The molecule has 6 N–H and O–H groups in total. The Morgan fingerprint density at radius 1 is 0.857 bits per heavy atom. The molecule has 0 atom stereocenters. The van der Waals surface area contributed by atoms with E-state index < -0.39 is 24.0 Å². The summed E-state index contributed by atoms with van der Waals surface area (Å²) in [7, 11) is 0. The van der Waals surface area contributed by atoms with Crippen molar-refractivity contribution in [3.05, 3.63) is 0 Å². The third-order valence-corrected chi connectivity index (χ3v) is 0.626. The summed E-state index contributed by atoms with van der Waals surface area (Å²) < 4.78 is 4.50. The molecule has 0 saturated carbocycles. The highest BCUT2D eigenvalue weighted by Crippen LogP contribution is 1.84. The van der Waals surface area contributed by atoms with Crippen molar-refractivity contribution in [2.75, 3.05) is 26.4 Å². The van der Waals surface area contributed by atoms with Gasteiger partial charge in [-0.1, -0.05) is 0 Å². The lowest BCUT2D eigenvalue weighted by atomic mass is 10.4. The largest absolute Gasteiger partial charge is 0.481 e. The van der Waals surface area contributed by atoms with Gasteiger partial charge in [-0.15, -0.1) is 0 Å². The molecule has 0 aromatic rings. The molecule has 1 rings (SSSR count). The average Bonchev–Trinajstić information content (AvgIpc) is 3.13. The highest BCUT2D eigenvalue weighted by atomic mass is 16.6. The van der Waals surface area contributed by atoms with Crippen molar-refractivity contribution in [3.8, 4) is 0 Å². The minimum Gasteiger partial charge on any atom is -0.481 e. The van der Waals surface area contributed by atoms with Gasteiger partial charge in [0.05, 0.1) is 26.4 Å². The fraction of sp³-hybridized carbons (Fsp3) is 0.727. The third kappa shape index (κ3) is 456. The molecule has 1 fully saturated rings. The van der Waals surface area contributed by atoms with E-state index in [0.29, 0.717) is 0 Å². The van der Waals surface area contributed by atoms with Crippen LogP contribution in [-0.2, 0) is 19.1 Å². The zero-order valence-electron chi connectivity index (χ0n) is 12.2. The Morgan fingerprint density at radius 3 is 1.00 bits per heavy atom. The van der Waals surface area contributed by atoms with Crippen LogP contribution >= 0.6 is 0 Å². The van der Waals surface area contributed by atoms with E-state index in [1.165, 1.54) is 0 Å². The molecule has 0 bridgehead atoms. The van der Waals surface area contributed by atoms with Crippen LogP contribution in [0, 0.1) is 0 Å². The Balaban J connectivity index is -0.0000000875. The lowest BCUT2D eigenvalue weighted by Gasteiger charge is -1.96. The zero-order valence-corrected chi connectivity index (χ0v) is 12.2. The summed E-state index contributed by atoms with van der Waals surface area (Å²) in [5.74, 6) is -2.50. The SMILES string of the molecule is C1CO1.CC(=O)O.CC(=O)O.CC(=O)O.OCC(O)CO. The van der Waals surface area contributed by atoms with Gasteiger partial charge in [0, 0.05) is 20.8 Å². The summed E-state index contributed by atoms with van der Waals surface area (Å²) in [5, 5.41) is 46.3. The number of ether oxygens (including phenoxy) is 1. The lowest BCUT2D eigenvalue weighted by molar-refractivity contribution is -0.135. The fourth-order valence-corrected chi connectivity index (χ4v) is 0.0577. The quantitative estimate of drug-likeness (QED) is 0.332. The number of aliphatic carboxylic acids is 3. The van der Waals surface area contributed by atoms with E-state index in [0.717, 1.165) is 34.0 Å². The Kier molecular flexibility index (Phi) is 30.7. The van der Waals surface area contributed by atoms with Crippen LogP contribution in [0.3, 0.4) is 0 Å². The smallest absolute Gasteiger partial charge is 0.300 e. The summed E-state index contributed by atoms with van der Waals surface area (Å²) in [5.41, 5.74) is 0. The van der Waals surface area contributed by atoms with Crippen molar-refractivity contribution in [2.45, 2.75) is 26.9 Å². The molecule has 0 aliphatic carbocycles. The highest BCUT2D eigenvalue weighted by Gasteiger charge is 1.94. The van der Waals surface area contributed by atoms with E-state index in [2.05, 4.69) is 4.74 Å². The predicted molar refractivity (Wildman–Crippen MR) is 70.9 cm³/mol. The molecule has 1 aliphatic rings. The first-order valence-electron chi connectivity index (χ1n) is 5.57. The lowest BCUT2D eigenvalue weighted by Crippen LogP contribution is -2.15. The fourth-order valence-electron chi connectivity index (χ4n) is 0.0577. The Hall–Kier alpha value is -1.75. The van der Waals surface area contributed by atoms with Crippen LogP contribution in [0.2, 0.25) is 0 Å². The molecule has 1 heterocycles. The van der Waals surface area contributed by atoms with Gasteiger partial charge in [0.15, 0.2) is 0 Å². The minimum absolute atomic E-state index is 0.365. The van der Waals surface area contributed by atoms with E-state index in [-0.39, 0.29) is 13.2 Å². The van der Waals surface area contributed by atoms with Crippen LogP contribution in [0.4, 0.5) is 0 Å². The summed E-state index contributed by atoms with van der Waals surface area (Å²) in [6.45, 7) is 4.52. The normalized spacial score (nSPS) is 9.86. The van der Waals surface area contributed by atoms with Gasteiger partial charge in [-0.3, -0.25) is 14.4 Å². The average molecular weight is 316 g/mol. The Bertz CT molecular complexity index is 204. The van der Waals surface area contributed by atoms with Gasteiger partial charge in [-0.25, -0.2) is 0 Å². The number of rotatable bonds is 2. The second-order valence-electron chi connectivity index (χ2n) is 3.19. The first kappa shape index (κ1) is 27.6. The van der Waals surface area contributed by atoms with Gasteiger partial charge in [0.1, 0.15) is 6.10 Å². The van der Waals surface area contributed by atoms with Crippen LogP contribution in [-0.4, -0.2) is 81.1 Å². The van der Waals surface area contributed by atoms with Crippen molar-refractivity contribution >= 4 is 17.9 Å². The maximum absolute atomic E-state index is 9.00. The van der Waals surface area contributed by atoms with Crippen molar-refractivity contribution in [2.24, 2.45) is 0 Å². The first-order chi connectivity index (χ1) is 9.50. The van der Waals surface area contributed by atoms with Gasteiger partial charge in [-0.05, 0) is 0 Å². The molecular weight excluding hydrogens is 292 g/mol. The van der Waals surface area contributed by atoms with Crippen molar-refractivity contribution in [1.82, 2.24) is 0 Å². The molecule has 21 heavy (non-hydrogen) atoms. The molecule has 0 aromatic carbocycles. The van der Waals surface area contributed by atoms with E-state index in [9.17, 15) is 0 Å². The summed E-state index contributed by atoms with van der Waals surface area (Å²) >= 11 is 0. The molecule has 10 heteroatoms. The van der Waals surface area contributed by atoms with Crippen molar-refractivity contribution in [1.29, 1.82) is 0 Å². The van der Waals surface area contributed by atoms with E-state index in [1.807, 2.05) is 0 Å². The molecule has 0 aromatic heterocycles. The van der Waals surface area contributed by atoms with Gasteiger partial charge >= 0.3 is 0 Å². The number of epoxide rings is 1. The number of carboxylic acid groups (broad SMARTS) is 3. The topological polar surface area (TPSA) is 185 Å². The number of carbonyl (C=O) groups is 3. The van der Waals surface area contributed by atoms with Crippen LogP contribution in [0.15, 0.2) is 0 Å². The van der Waals surface area contributed by atoms with Crippen LogP contribution in [0.1, 0.15) is 20.8 Å². The van der Waals surface area contributed by atoms with Gasteiger partial charge < -0.3 is 35.4 Å². The minimum atomic E-state index is -0.954. The number of hydrogen-bond acceptors (Lipinski definition) is 7. The Morgan fingerprint density at radius 2 is 1.00 bits per heavy atom. The van der Waals surface area contributed by atoms with Gasteiger partial charge in [0.25, 0.3) is 17.9 Å². The molecule has 0 unspecified atom stereocenters. The third-order valence-electron chi connectivity index (χ3n) is 0.626. The van der Waals surface area contributed by atoms with E-state index in [4.69, 9.17) is 45.0 Å². The molecule has 0 radical (unpaired) electrons. The maximum Gasteiger partial charge on any atom is 0.300 e. The second-order valence-corrected chi connectivity index (χ2v) is 3.19. The molecular formula is C11H24O10. The first-order valence-corrected chi connectivity index (χ1v) is 5.57. The summed E-state index contributed by atoms with van der Waals surface area (Å²) in [6.07, 6.45) is -0.954. The molecule has 0 amide bonds. The summed E-state index contributed by atoms with van der Waals surface area (Å²) in [6, 6.07) is 0. The predicted octanol–water partition coefficient (Wildman–Crippen LogP) is -1.38. The van der Waals surface area contributed by atoms with E-state index in [1.54, 1.807) is 0 Å². The van der Waals surface area contributed by atoms with Crippen LogP contribution in [0.5, 0.6) is 0 Å². The highest BCUT2D eigenvalue weighted by molar-refractivity contribution is 5.63. The van der Waals surface area contributed by atoms with Gasteiger partial charge in [0.2, 0.25) is 0 Å². The number of aliphatic hydroxyl groups excluding tert-OH is 3. The number of aliphatic hydroxyl groups is 3. The van der Waals surface area contributed by atoms with Crippen LogP contribution in [0.25, 0.3) is 0 Å². The zero-order chi connectivity index (χ0) is 17.8. The molecule has 1 aliphatic heterocycles. The molecule has 0 spiro atoms. The molecule has 10 nitrogen and oxygen atoms in total. The van der Waals surface area contributed by atoms with Crippen molar-refractivity contribution < 1.29 is 49.8 Å². The maximum atomic E-state index is 9.00. The van der Waals surface area contributed by atoms with Gasteiger partial charge in [-0.2, -0.15) is 0 Å². The van der Waals surface area contributed by atoms with Crippen molar-refractivity contribution in [3.63, 3.8) is 0 Å². The summed E-state index contributed by atoms with van der Waals surface area (Å²) in [4.78, 5) is 27.0. The van der Waals surface area contributed by atoms with E-state index >= 15 is 0 Å². The number of carboxylic acids is 3. The van der Waals surface area contributed by atoms with Crippen LogP contribution < -0.4 is 0 Å². The standard InChI is InChI=1S/C3H8O3.3C2H4O2.C2H4O/c4-1-3(6)2-5;3*1-2(3)4;1-2-3-1/h3-6H,1-2H2;3*1H3,(H,3,4);1-2H2. The molecule has 128 valence electrons. The monoisotopic (exact) mass is 316 g/mol. The Labute approximate surface area is 122 Å².